The quantitative estimate of drug-likeness (QED) is 0.668. The highest BCUT2D eigenvalue weighted by molar-refractivity contribution is 5.91. The predicted molar refractivity (Wildman–Crippen MR) is 83.6 cm³/mol. The van der Waals surface area contributed by atoms with E-state index in [-0.39, 0.29) is 5.97 Å². The topological polar surface area (TPSA) is 64.3 Å². The van der Waals surface area contributed by atoms with Crippen molar-refractivity contribution in [3.8, 4) is 0 Å². The molecule has 0 fully saturated rings. The van der Waals surface area contributed by atoms with Gasteiger partial charge in [-0.1, -0.05) is 24.3 Å². The first-order chi connectivity index (χ1) is 10.2. The molecule has 1 unspecified atom stereocenters. The minimum absolute atomic E-state index is 0.355. The molecule has 1 atom stereocenters. The second kappa shape index (κ2) is 5.48. The van der Waals surface area contributed by atoms with Crippen LogP contribution in [0, 0.1) is 0 Å². The van der Waals surface area contributed by atoms with Crippen LogP contribution in [0.4, 0.5) is 11.4 Å². The normalized spacial score (nSPS) is 15.8. The van der Waals surface area contributed by atoms with Gasteiger partial charge in [0.2, 0.25) is 0 Å². The number of ether oxygens (including phenoxy) is 1. The molecule has 0 saturated carbocycles. The number of benzene rings is 2. The minimum Gasteiger partial charge on any atom is -0.465 e. The summed E-state index contributed by atoms with van der Waals surface area (Å²) in [7, 11) is 1.37. The van der Waals surface area contributed by atoms with Gasteiger partial charge in [0.15, 0.2) is 0 Å². The van der Waals surface area contributed by atoms with Crippen LogP contribution in [0.1, 0.15) is 27.4 Å². The number of anilines is 2. The Labute approximate surface area is 123 Å². The number of methoxy groups -OCH3 is 1. The number of nitrogen functional groups attached to an aromatic ring is 1. The largest absolute Gasteiger partial charge is 0.465 e. The Bertz CT molecular complexity index is 682. The fraction of sp³-hybridized carbons (Fsp3) is 0.235. The maximum Gasteiger partial charge on any atom is 0.337 e. The molecule has 0 bridgehead atoms. The van der Waals surface area contributed by atoms with E-state index in [1.54, 1.807) is 18.2 Å². The molecule has 1 aliphatic carbocycles. The van der Waals surface area contributed by atoms with E-state index in [0.29, 0.717) is 17.2 Å². The van der Waals surface area contributed by atoms with Gasteiger partial charge in [0.1, 0.15) is 0 Å². The van der Waals surface area contributed by atoms with Gasteiger partial charge in [-0.3, -0.25) is 0 Å². The molecular formula is C17H18N2O2. The summed E-state index contributed by atoms with van der Waals surface area (Å²) in [5, 5.41) is 3.34. The Balaban J connectivity index is 1.70. The van der Waals surface area contributed by atoms with Gasteiger partial charge in [0, 0.05) is 12.5 Å². The van der Waals surface area contributed by atoms with Crippen LogP contribution in [0.3, 0.4) is 0 Å². The van der Waals surface area contributed by atoms with E-state index in [2.05, 4.69) is 29.6 Å². The van der Waals surface area contributed by atoms with Crippen molar-refractivity contribution in [3.05, 3.63) is 59.2 Å². The lowest BCUT2D eigenvalue weighted by molar-refractivity contribution is 0.0601. The smallest absolute Gasteiger partial charge is 0.337 e. The van der Waals surface area contributed by atoms with Crippen LogP contribution in [0.15, 0.2) is 42.5 Å². The van der Waals surface area contributed by atoms with E-state index in [1.165, 1.54) is 18.2 Å². The maximum atomic E-state index is 11.6. The molecule has 0 spiro atoms. The lowest BCUT2D eigenvalue weighted by Crippen LogP contribution is -2.24. The van der Waals surface area contributed by atoms with Crippen LogP contribution in [0.25, 0.3) is 0 Å². The average molecular weight is 282 g/mol. The third-order valence-electron chi connectivity index (χ3n) is 3.97. The van der Waals surface area contributed by atoms with E-state index < -0.39 is 0 Å². The van der Waals surface area contributed by atoms with Crippen LogP contribution < -0.4 is 11.1 Å². The van der Waals surface area contributed by atoms with Gasteiger partial charge in [0.05, 0.1) is 24.0 Å². The van der Waals surface area contributed by atoms with Gasteiger partial charge in [-0.05, 0) is 35.7 Å². The lowest BCUT2D eigenvalue weighted by Gasteiger charge is -2.30. The van der Waals surface area contributed by atoms with E-state index in [9.17, 15) is 4.79 Å². The van der Waals surface area contributed by atoms with Crippen LogP contribution >= 0.6 is 0 Å². The molecule has 0 saturated heterocycles. The summed E-state index contributed by atoms with van der Waals surface area (Å²) in [4.78, 5) is 11.6. The summed E-state index contributed by atoms with van der Waals surface area (Å²) < 4.78 is 4.73. The molecule has 0 aliphatic heterocycles. The second-order valence-corrected chi connectivity index (χ2v) is 5.27. The fourth-order valence-electron chi connectivity index (χ4n) is 2.73. The van der Waals surface area contributed by atoms with Gasteiger partial charge in [-0.15, -0.1) is 0 Å². The monoisotopic (exact) mass is 282 g/mol. The summed E-state index contributed by atoms with van der Waals surface area (Å²) in [6.45, 7) is 0.811. The van der Waals surface area contributed by atoms with Gasteiger partial charge in [0.25, 0.3) is 0 Å². The number of nitrogens with one attached hydrogen (secondary N) is 1. The van der Waals surface area contributed by atoms with Crippen molar-refractivity contribution in [1.29, 1.82) is 0 Å². The zero-order valence-corrected chi connectivity index (χ0v) is 11.9. The molecule has 4 heteroatoms. The van der Waals surface area contributed by atoms with Gasteiger partial charge in [-0.2, -0.15) is 0 Å². The predicted octanol–water partition coefficient (Wildman–Crippen LogP) is 2.81. The summed E-state index contributed by atoms with van der Waals surface area (Å²) in [6, 6.07) is 13.6. The number of hydrogen-bond acceptors (Lipinski definition) is 4. The van der Waals surface area contributed by atoms with Crippen LogP contribution in [0.5, 0.6) is 0 Å². The zero-order chi connectivity index (χ0) is 14.8. The van der Waals surface area contributed by atoms with E-state index in [4.69, 9.17) is 10.5 Å². The van der Waals surface area contributed by atoms with Gasteiger partial charge < -0.3 is 15.8 Å². The number of fused-ring (bicyclic) bond motifs is 1. The Morgan fingerprint density at radius 1 is 1.33 bits per heavy atom. The van der Waals surface area contributed by atoms with Crippen molar-refractivity contribution in [2.45, 2.75) is 12.3 Å². The van der Waals surface area contributed by atoms with Crippen LogP contribution in [0.2, 0.25) is 0 Å². The summed E-state index contributed by atoms with van der Waals surface area (Å²) in [5.41, 5.74) is 10.7. The highest BCUT2D eigenvalue weighted by Gasteiger charge is 2.25. The number of nitrogens with two attached hydrogens (primary N) is 1. The van der Waals surface area contributed by atoms with Crippen molar-refractivity contribution in [2.24, 2.45) is 0 Å². The Kier molecular flexibility index (Phi) is 3.52. The Hall–Kier alpha value is -2.49. The average Bonchev–Trinajstić information content (AvgIpc) is 2.49. The van der Waals surface area contributed by atoms with Gasteiger partial charge in [-0.25, -0.2) is 4.79 Å². The lowest BCUT2D eigenvalue weighted by atomic mass is 9.77. The highest BCUT2D eigenvalue weighted by Crippen LogP contribution is 2.35. The first-order valence-corrected chi connectivity index (χ1v) is 6.98. The number of rotatable bonds is 4. The molecule has 0 aromatic heterocycles. The zero-order valence-electron chi connectivity index (χ0n) is 11.9. The van der Waals surface area contributed by atoms with Crippen molar-refractivity contribution in [2.75, 3.05) is 24.7 Å². The third kappa shape index (κ3) is 2.57. The van der Waals surface area contributed by atoms with Crippen molar-refractivity contribution in [1.82, 2.24) is 0 Å². The molecule has 1 aliphatic rings. The van der Waals surface area contributed by atoms with Gasteiger partial charge >= 0.3 is 5.97 Å². The van der Waals surface area contributed by atoms with E-state index in [0.717, 1.165) is 18.7 Å². The van der Waals surface area contributed by atoms with Crippen molar-refractivity contribution >= 4 is 17.3 Å². The SMILES string of the molecule is COC(=O)c1ccc(N)c(NCC2Cc3ccccc32)c1. The summed E-state index contributed by atoms with van der Waals surface area (Å²) in [6.07, 6.45) is 1.08. The molecule has 0 heterocycles. The molecule has 0 amide bonds. The third-order valence-corrected chi connectivity index (χ3v) is 3.97. The number of carbonyl (C=O) groups excluding carboxylic acids is 1. The number of carbonyl (C=O) groups is 1. The van der Waals surface area contributed by atoms with Crippen molar-refractivity contribution in [3.63, 3.8) is 0 Å². The highest BCUT2D eigenvalue weighted by atomic mass is 16.5. The molecule has 108 valence electrons. The first-order valence-electron chi connectivity index (χ1n) is 6.98. The van der Waals surface area contributed by atoms with Crippen LogP contribution in [-0.4, -0.2) is 19.6 Å². The number of hydrogen-bond donors (Lipinski definition) is 2. The summed E-state index contributed by atoms with van der Waals surface area (Å²) in [5.74, 6) is 0.148. The second-order valence-electron chi connectivity index (χ2n) is 5.27. The van der Waals surface area contributed by atoms with E-state index in [1.807, 2.05) is 0 Å². The molecule has 2 aromatic carbocycles. The molecule has 0 radical (unpaired) electrons. The number of esters is 1. The first kappa shape index (κ1) is 13.5. The molecule has 3 N–H and O–H groups in total. The Morgan fingerprint density at radius 2 is 2.14 bits per heavy atom. The standard InChI is InChI=1S/C17H18N2O2/c1-21-17(20)12-6-7-15(18)16(9-12)19-10-13-8-11-4-2-3-5-14(11)13/h2-7,9,13,19H,8,10,18H2,1H3. The van der Waals surface area contributed by atoms with Crippen molar-refractivity contribution < 1.29 is 9.53 Å². The summed E-state index contributed by atoms with van der Waals surface area (Å²) >= 11 is 0. The molecular weight excluding hydrogens is 264 g/mol. The molecule has 4 nitrogen and oxygen atoms in total. The maximum absolute atomic E-state index is 11.6. The Morgan fingerprint density at radius 3 is 2.90 bits per heavy atom. The molecule has 3 rings (SSSR count). The molecule has 2 aromatic rings. The minimum atomic E-state index is -0.355. The van der Waals surface area contributed by atoms with Crippen LogP contribution in [-0.2, 0) is 11.2 Å². The molecule has 21 heavy (non-hydrogen) atoms. The fourth-order valence-corrected chi connectivity index (χ4v) is 2.73. The van der Waals surface area contributed by atoms with E-state index >= 15 is 0 Å².